The standard InChI is InChI=1S/C17H26N6O/c1-3-18-17(20-13-7-4-6-12(2)10-13)19-11-15-21-16(23-22-15)14-8-5-9-24-14/h5,8-9,12-13H,3-4,6-7,10-11H2,1-2H3,(H2,18,19,20)(H,21,22,23). The van der Waals surface area contributed by atoms with E-state index in [1.807, 2.05) is 12.1 Å². The van der Waals surface area contributed by atoms with Gasteiger partial charge in [0.1, 0.15) is 12.4 Å². The number of aromatic nitrogens is 3. The Morgan fingerprint density at radius 3 is 3.12 bits per heavy atom. The van der Waals surface area contributed by atoms with Crippen LogP contribution in [0, 0.1) is 5.92 Å². The van der Waals surface area contributed by atoms with Gasteiger partial charge in [-0.25, -0.2) is 9.98 Å². The zero-order valence-electron chi connectivity index (χ0n) is 14.4. The van der Waals surface area contributed by atoms with Crippen LogP contribution in [-0.4, -0.2) is 33.7 Å². The molecule has 3 rings (SSSR count). The van der Waals surface area contributed by atoms with Gasteiger partial charge in [0, 0.05) is 12.6 Å². The molecule has 3 N–H and O–H groups in total. The second kappa shape index (κ2) is 7.99. The van der Waals surface area contributed by atoms with E-state index in [1.54, 1.807) is 6.26 Å². The predicted molar refractivity (Wildman–Crippen MR) is 93.5 cm³/mol. The highest BCUT2D eigenvalue weighted by Crippen LogP contribution is 2.23. The average molecular weight is 330 g/mol. The van der Waals surface area contributed by atoms with Gasteiger partial charge in [0.2, 0.25) is 5.82 Å². The third-order valence-corrected chi connectivity index (χ3v) is 4.28. The smallest absolute Gasteiger partial charge is 0.216 e. The highest BCUT2D eigenvalue weighted by Gasteiger charge is 2.19. The lowest BCUT2D eigenvalue weighted by Gasteiger charge is -2.28. The van der Waals surface area contributed by atoms with E-state index in [9.17, 15) is 0 Å². The summed E-state index contributed by atoms with van der Waals surface area (Å²) in [4.78, 5) is 9.05. The van der Waals surface area contributed by atoms with E-state index in [-0.39, 0.29) is 0 Å². The summed E-state index contributed by atoms with van der Waals surface area (Å²) in [5.74, 6) is 3.55. The van der Waals surface area contributed by atoms with Gasteiger partial charge in [0.25, 0.3) is 0 Å². The number of guanidine groups is 1. The quantitative estimate of drug-likeness (QED) is 0.579. The molecule has 0 aromatic carbocycles. The Morgan fingerprint density at radius 1 is 1.46 bits per heavy atom. The van der Waals surface area contributed by atoms with Gasteiger partial charge in [-0.1, -0.05) is 19.8 Å². The summed E-state index contributed by atoms with van der Waals surface area (Å²) < 4.78 is 5.30. The third kappa shape index (κ3) is 4.37. The Hall–Kier alpha value is -2.31. The van der Waals surface area contributed by atoms with Gasteiger partial charge in [-0.05, 0) is 37.8 Å². The molecule has 130 valence electrons. The van der Waals surface area contributed by atoms with Gasteiger partial charge in [0.05, 0.1) is 6.26 Å². The van der Waals surface area contributed by atoms with Gasteiger partial charge < -0.3 is 15.1 Å². The number of rotatable bonds is 5. The van der Waals surface area contributed by atoms with Crippen molar-refractivity contribution in [1.29, 1.82) is 0 Å². The van der Waals surface area contributed by atoms with Crippen LogP contribution in [-0.2, 0) is 6.54 Å². The number of nitrogens with zero attached hydrogens (tertiary/aromatic N) is 3. The zero-order chi connectivity index (χ0) is 16.8. The fourth-order valence-electron chi connectivity index (χ4n) is 3.11. The van der Waals surface area contributed by atoms with Crippen LogP contribution >= 0.6 is 0 Å². The normalized spacial score (nSPS) is 21.7. The first-order valence-corrected chi connectivity index (χ1v) is 8.74. The lowest BCUT2D eigenvalue weighted by atomic mass is 9.87. The number of nitrogens with one attached hydrogen (secondary N) is 3. The minimum atomic E-state index is 0.450. The van der Waals surface area contributed by atoms with Gasteiger partial charge in [-0.15, -0.1) is 5.10 Å². The molecule has 24 heavy (non-hydrogen) atoms. The molecule has 7 heteroatoms. The van der Waals surface area contributed by atoms with Crippen LogP contribution in [0.2, 0.25) is 0 Å². The van der Waals surface area contributed by atoms with Crippen LogP contribution in [0.25, 0.3) is 11.6 Å². The molecule has 0 amide bonds. The molecule has 0 saturated heterocycles. The van der Waals surface area contributed by atoms with Crippen molar-refractivity contribution < 1.29 is 4.42 Å². The van der Waals surface area contributed by atoms with Gasteiger partial charge >= 0.3 is 0 Å². The molecule has 2 aromatic rings. The first-order chi connectivity index (χ1) is 11.7. The molecule has 0 spiro atoms. The Balaban J connectivity index is 1.61. The zero-order valence-corrected chi connectivity index (χ0v) is 14.4. The second-order valence-electron chi connectivity index (χ2n) is 6.39. The lowest BCUT2D eigenvalue weighted by Crippen LogP contribution is -2.45. The van der Waals surface area contributed by atoms with E-state index in [4.69, 9.17) is 4.42 Å². The minimum Gasteiger partial charge on any atom is -0.461 e. The van der Waals surface area contributed by atoms with E-state index in [1.165, 1.54) is 25.7 Å². The summed E-state index contributed by atoms with van der Waals surface area (Å²) in [5.41, 5.74) is 0. The predicted octanol–water partition coefficient (Wildman–Crippen LogP) is 2.70. The lowest BCUT2D eigenvalue weighted by molar-refractivity contribution is 0.324. The van der Waals surface area contributed by atoms with E-state index in [0.29, 0.717) is 24.2 Å². The van der Waals surface area contributed by atoms with Crippen LogP contribution in [0.5, 0.6) is 0 Å². The molecular weight excluding hydrogens is 304 g/mol. The number of hydrogen-bond donors (Lipinski definition) is 3. The molecule has 2 heterocycles. The Labute approximate surface area is 142 Å². The van der Waals surface area contributed by atoms with Gasteiger partial charge in [-0.2, -0.15) is 0 Å². The monoisotopic (exact) mass is 330 g/mol. The van der Waals surface area contributed by atoms with Crippen LogP contribution in [0.15, 0.2) is 27.8 Å². The van der Waals surface area contributed by atoms with Crippen molar-refractivity contribution in [2.45, 2.75) is 52.1 Å². The van der Waals surface area contributed by atoms with Crippen molar-refractivity contribution in [2.75, 3.05) is 6.54 Å². The molecule has 2 aromatic heterocycles. The van der Waals surface area contributed by atoms with E-state index < -0.39 is 0 Å². The third-order valence-electron chi connectivity index (χ3n) is 4.28. The van der Waals surface area contributed by atoms with Crippen molar-refractivity contribution in [3.8, 4) is 11.6 Å². The van der Waals surface area contributed by atoms with Crippen LogP contribution in [0.3, 0.4) is 0 Å². The van der Waals surface area contributed by atoms with Crippen molar-refractivity contribution in [1.82, 2.24) is 25.8 Å². The summed E-state index contributed by atoms with van der Waals surface area (Å²) >= 11 is 0. The largest absolute Gasteiger partial charge is 0.461 e. The highest BCUT2D eigenvalue weighted by molar-refractivity contribution is 5.80. The van der Waals surface area contributed by atoms with Gasteiger partial charge in [-0.3, -0.25) is 5.10 Å². The summed E-state index contributed by atoms with van der Waals surface area (Å²) in [6, 6.07) is 4.16. The summed E-state index contributed by atoms with van der Waals surface area (Å²) in [5, 5.41) is 13.9. The molecule has 1 aliphatic carbocycles. The fourth-order valence-corrected chi connectivity index (χ4v) is 3.11. The maximum absolute atomic E-state index is 5.30. The van der Waals surface area contributed by atoms with Crippen LogP contribution in [0.1, 0.15) is 45.4 Å². The molecule has 1 saturated carbocycles. The minimum absolute atomic E-state index is 0.450. The Kier molecular flexibility index (Phi) is 5.51. The van der Waals surface area contributed by atoms with Gasteiger partial charge in [0.15, 0.2) is 11.7 Å². The first-order valence-electron chi connectivity index (χ1n) is 8.74. The molecule has 1 fully saturated rings. The SMILES string of the molecule is CCNC(=NCc1nc(-c2ccco2)n[nH]1)NC1CCCC(C)C1. The Morgan fingerprint density at radius 2 is 2.38 bits per heavy atom. The fraction of sp³-hybridized carbons (Fsp3) is 0.588. The van der Waals surface area contributed by atoms with E-state index >= 15 is 0 Å². The molecular formula is C17H26N6O. The Bertz CT molecular complexity index is 648. The van der Waals surface area contributed by atoms with Crippen molar-refractivity contribution >= 4 is 5.96 Å². The summed E-state index contributed by atoms with van der Waals surface area (Å²) in [6.07, 6.45) is 6.64. The molecule has 0 bridgehead atoms. The molecule has 0 aliphatic heterocycles. The summed E-state index contributed by atoms with van der Waals surface area (Å²) in [7, 11) is 0. The van der Waals surface area contributed by atoms with E-state index in [0.717, 1.165) is 24.2 Å². The number of hydrogen-bond acceptors (Lipinski definition) is 4. The molecule has 2 atom stereocenters. The second-order valence-corrected chi connectivity index (χ2v) is 6.39. The number of aliphatic imine (C=N–C) groups is 1. The number of aromatic amines is 1. The average Bonchev–Trinajstić information content (AvgIpc) is 3.24. The number of furan rings is 1. The van der Waals surface area contributed by atoms with Crippen LogP contribution in [0.4, 0.5) is 0 Å². The van der Waals surface area contributed by atoms with Crippen LogP contribution < -0.4 is 10.6 Å². The molecule has 0 radical (unpaired) electrons. The molecule has 1 aliphatic rings. The maximum atomic E-state index is 5.30. The topological polar surface area (TPSA) is 91.1 Å². The van der Waals surface area contributed by atoms with Crippen molar-refractivity contribution in [3.05, 3.63) is 24.2 Å². The number of H-pyrrole nitrogens is 1. The maximum Gasteiger partial charge on any atom is 0.216 e. The van der Waals surface area contributed by atoms with Crippen molar-refractivity contribution in [2.24, 2.45) is 10.9 Å². The molecule has 2 unspecified atom stereocenters. The highest BCUT2D eigenvalue weighted by atomic mass is 16.3. The summed E-state index contributed by atoms with van der Waals surface area (Å²) in [6.45, 7) is 5.68. The van der Waals surface area contributed by atoms with E-state index in [2.05, 4.69) is 44.7 Å². The first kappa shape index (κ1) is 16.5. The molecule has 7 nitrogen and oxygen atoms in total. The van der Waals surface area contributed by atoms with Crippen molar-refractivity contribution in [3.63, 3.8) is 0 Å².